The molecule has 0 aliphatic carbocycles. The van der Waals surface area contributed by atoms with Crippen LogP contribution in [0.5, 0.6) is 11.5 Å². The molecule has 1 heterocycles. The van der Waals surface area contributed by atoms with E-state index < -0.39 is 7.60 Å². The molecule has 36 heavy (non-hydrogen) atoms. The lowest BCUT2D eigenvalue weighted by molar-refractivity contribution is 0.0725. The van der Waals surface area contributed by atoms with E-state index in [0.717, 1.165) is 45.4 Å². The first kappa shape index (κ1) is 26.5. The zero-order valence-corrected chi connectivity index (χ0v) is 23.0. The Morgan fingerprint density at radius 1 is 1.00 bits per heavy atom. The van der Waals surface area contributed by atoms with Crippen molar-refractivity contribution >= 4 is 7.60 Å². The number of hydrogen-bond acceptors (Lipinski definition) is 5. The van der Waals surface area contributed by atoms with Crippen molar-refractivity contribution in [3.8, 4) is 11.5 Å². The number of phenols is 1. The van der Waals surface area contributed by atoms with Crippen LogP contribution >= 0.6 is 7.60 Å². The summed E-state index contributed by atoms with van der Waals surface area (Å²) in [5.74, 6) is 1.25. The van der Waals surface area contributed by atoms with Gasteiger partial charge in [0.05, 0.1) is 12.7 Å². The Balaban J connectivity index is 1.46. The average Bonchev–Trinajstić information content (AvgIpc) is 2.80. The molecule has 0 aromatic heterocycles. The van der Waals surface area contributed by atoms with E-state index in [2.05, 4.69) is 65.8 Å². The molecule has 0 unspecified atom stereocenters. The van der Waals surface area contributed by atoms with Crippen molar-refractivity contribution in [2.45, 2.75) is 66.4 Å². The van der Waals surface area contributed by atoms with Gasteiger partial charge in [0.15, 0.2) is 6.35 Å². The summed E-state index contributed by atoms with van der Waals surface area (Å²) in [6, 6.07) is 16.1. The van der Waals surface area contributed by atoms with Crippen LogP contribution in [0.2, 0.25) is 0 Å². The predicted molar refractivity (Wildman–Crippen MR) is 144 cm³/mol. The third-order valence-electron chi connectivity index (χ3n) is 6.73. The Kier molecular flexibility index (Phi) is 7.94. The van der Waals surface area contributed by atoms with E-state index in [1.807, 2.05) is 18.2 Å². The van der Waals surface area contributed by atoms with Crippen LogP contribution in [0.4, 0.5) is 0 Å². The van der Waals surface area contributed by atoms with Gasteiger partial charge >= 0.3 is 7.60 Å². The molecule has 192 valence electrons. The second-order valence-corrected chi connectivity index (χ2v) is 12.2. The minimum Gasteiger partial charge on any atom is -0.508 e. The van der Waals surface area contributed by atoms with Gasteiger partial charge in [-0.25, -0.2) is 0 Å². The zero-order valence-electron chi connectivity index (χ0n) is 22.1. The summed E-state index contributed by atoms with van der Waals surface area (Å²) in [5.41, 5.74) is 8.87. The number of aryl methyl sites for hydroxylation is 4. The molecule has 1 fully saturated rings. The molecule has 0 bridgehead atoms. The van der Waals surface area contributed by atoms with Crippen molar-refractivity contribution in [3.63, 3.8) is 0 Å². The molecule has 0 saturated carbocycles. The average molecular weight is 509 g/mol. The maximum absolute atomic E-state index is 13.4. The standard InChI is InChI=1S/C30H37O5P/c1-19(2)27-16-24(7-8-29(27)31)17-28-22(5)14-26(15-23(28)6)33-18-36(32)34-10-9-30(35-36)25-12-20(3)11-21(4)13-25/h7-8,11-16,19,30-31H,9-10,17-18H2,1-6H3/t30-,36-/m0/s1. The molecule has 6 heteroatoms. The molecule has 1 aliphatic heterocycles. The van der Waals surface area contributed by atoms with Crippen molar-refractivity contribution in [1.29, 1.82) is 0 Å². The van der Waals surface area contributed by atoms with Gasteiger partial charge in [-0.3, -0.25) is 9.09 Å². The van der Waals surface area contributed by atoms with Crippen LogP contribution in [0.3, 0.4) is 0 Å². The van der Waals surface area contributed by atoms with Crippen LogP contribution in [0.15, 0.2) is 48.5 Å². The van der Waals surface area contributed by atoms with E-state index in [-0.39, 0.29) is 18.4 Å². The second-order valence-electron chi connectivity index (χ2n) is 10.3. The van der Waals surface area contributed by atoms with Gasteiger partial charge in [0, 0.05) is 6.42 Å². The van der Waals surface area contributed by atoms with Gasteiger partial charge in [-0.05, 0) is 91.6 Å². The van der Waals surface area contributed by atoms with Crippen LogP contribution < -0.4 is 4.74 Å². The highest BCUT2D eigenvalue weighted by Gasteiger charge is 2.35. The summed E-state index contributed by atoms with van der Waals surface area (Å²) in [7, 11) is -3.39. The minimum absolute atomic E-state index is 0.123. The smallest absolute Gasteiger partial charge is 0.368 e. The van der Waals surface area contributed by atoms with Crippen molar-refractivity contribution in [3.05, 3.63) is 93.0 Å². The molecular weight excluding hydrogens is 471 g/mol. The van der Waals surface area contributed by atoms with E-state index in [9.17, 15) is 9.67 Å². The fourth-order valence-corrected chi connectivity index (χ4v) is 6.42. The molecule has 0 amide bonds. The molecule has 1 N–H and O–H groups in total. The molecular formula is C30H37O5P. The highest BCUT2D eigenvalue weighted by atomic mass is 31.2. The van der Waals surface area contributed by atoms with Crippen LogP contribution in [-0.2, 0) is 20.0 Å². The third-order valence-corrected chi connectivity index (χ3v) is 8.32. The van der Waals surface area contributed by atoms with Crippen molar-refractivity contribution in [1.82, 2.24) is 0 Å². The highest BCUT2D eigenvalue weighted by Crippen LogP contribution is 2.56. The van der Waals surface area contributed by atoms with Gasteiger partial charge in [-0.2, -0.15) is 0 Å². The monoisotopic (exact) mass is 508 g/mol. The summed E-state index contributed by atoms with van der Waals surface area (Å²) in [5, 5.41) is 10.1. The number of aromatic hydroxyl groups is 1. The Morgan fingerprint density at radius 3 is 2.31 bits per heavy atom. The van der Waals surface area contributed by atoms with Gasteiger partial charge in [-0.1, -0.05) is 55.3 Å². The Labute approximate surface area is 215 Å². The number of ether oxygens (including phenoxy) is 1. The van der Waals surface area contributed by atoms with E-state index in [4.69, 9.17) is 13.8 Å². The fourth-order valence-electron chi connectivity index (χ4n) is 4.92. The zero-order chi connectivity index (χ0) is 26.0. The lowest BCUT2D eigenvalue weighted by atomic mass is 9.93. The molecule has 1 aliphatic rings. The quantitative estimate of drug-likeness (QED) is 0.327. The maximum Gasteiger partial charge on any atom is 0.368 e. The largest absolute Gasteiger partial charge is 0.508 e. The van der Waals surface area contributed by atoms with Crippen LogP contribution in [0.1, 0.15) is 76.8 Å². The van der Waals surface area contributed by atoms with Gasteiger partial charge in [0.25, 0.3) is 0 Å². The topological polar surface area (TPSA) is 65.0 Å². The van der Waals surface area contributed by atoms with Crippen LogP contribution in [0, 0.1) is 27.7 Å². The number of hydrogen-bond donors (Lipinski definition) is 1. The van der Waals surface area contributed by atoms with Gasteiger partial charge < -0.3 is 14.4 Å². The van der Waals surface area contributed by atoms with Crippen LogP contribution in [0.25, 0.3) is 0 Å². The Hall–Kier alpha value is -2.59. The van der Waals surface area contributed by atoms with Gasteiger partial charge in [0.2, 0.25) is 0 Å². The number of benzene rings is 3. The highest BCUT2D eigenvalue weighted by molar-refractivity contribution is 7.53. The van der Waals surface area contributed by atoms with E-state index in [0.29, 0.717) is 24.5 Å². The van der Waals surface area contributed by atoms with Crippen molar-refractivity contribution in [2.75, 3.05) is 13.0 Å². The van der Waals surface area contributed by atoms with E-state index in [1.54, 1.807) is 6.07 Å². The lowest BCUT2D eigenvalue weighted by Crippen LogP contribution is -2.17. The normalized spacial score (nSPS) is 20.0. The predicted octanol–water partition coefficient (Wildman–Crippen LogP) is 8.05. The molecule has 1 saturated heterocycles. The van der Waals surface area contributed by atoms with E-state index >= 15 is 0 Å². The Morgan fingerprint density at radius 2 is 1.67 bits per heavy atom. The first-order valence-corrected chi connectivity index (χ1v) is 14.3. The molecule has 4 rings (SSSR count). The summed E-state index contributed by atoms with van der Waals surface area (Å²) in [6.07, 6.45) is 1.04. The summed E-state index contributed by atoms with van der Waals surface area (Å²) in [4.78, 5) is 0. The van der Waals surface area contributed by atoms with Crippen LogP contribution in [-0.4, -0.2) is 18.1 Å². The lowest BCUT2D eigenvalue weighted by Gasteiger charge is -2.30. The van der Waals surface area contributed by atoms with E-state index in [1.165, 1.54) is 5.56 Å². The first-order valence-electron chi connectivity index (χ1n) is 12.6. The second kappa shape index (κ2) is 10.8. The molecule has 2 atom stereocenters. The SMILES string of the molecule is Cc1cc(C)cc([C@@H]2CCO[P@@](=O)(COc3cc(C)c(Cc4ccc(O)c(C(C)C)c4)c(C)c3)O2)c1. The molecule has 0 radical (unpaired) electrons. The van der Waals surface area contributed by atoms with Gasteiger partial charge in [-0.15, -0.1) is 0 Å². The molecule has 0 spiro atoms. The summed E-state index contributed by atoms with van der Waals surface area (Å²) < 4.78 is 30.9. The summed E-state index contributed by atoms with van der Waals surface area (Å²) >= 11 is 0. The molecule has 3 aromatic carbocycles. The number of rotatable bonds is 7. The van der Waals surface area contributed by atoms with Crippen molar-refractivity contribution in [2.24, 2.45) is 0 Å². The minimum atomic E-state index is -3.39. The fraction of sp³-hybridized carbons (Fsp3) is 0.400. The third kappa shape index (κ3) is 6.21. The first-order chi connectivity index (χ1) is 17.0. The summed E-state index contributed by atoms with van der Waals surface area (Å²) in [6.45, 7) is 12.8. The molecule has 5 nitrogen and oxygen atoms in total. The Bertz CT molecular complexity index is 1250. The van der Waals surface area contributed by atoms with Crippen molar-refractivity contribution < 1.29 is 23.5 Å². The maximum atomic E-state index is 13.4. The number of phenolic OH excluding ortho intramolecular Hbond substituents is 1. The molecule has 3 aromatic rings. The van der Waals surface area contributed by atoms with Gasteiger partial charge in [0.1, 0.15) is 11.5 Å².